The zero-order valence-corrected chi connectivity index (χ0v) is 14.4. The maximum Gasteiger partial charge on any atom is 0.305 e. The number of carbonyl (C=O) groups is 2. The third-order valence-electron chi connectivity index (χ3n) is 4.15. The third kappa shape index (κ3) is 4.32. The lowest BCUT2D eigenvalue weighted by atomic mass is 9.95. The van der Waals surface area contributed by atoms with Gasteiger partial charge in [0.2, 0.25) is 5.91 Å². The standard InChI is InChI=1S/C17H22BrNO3/c1-22-15(20)5-3-2-4-12-19-16(21)17(10-11-17)13-6-8-14(18)9-7-13/h6-9H,2-5,10-12H2,1H3,(H,19,21). The molecule has 22 heavy (non-hydrogen) atoms. The molecule has 0 unspecified atom stereocenters. The van der Waals surface area contributed by atoms with Gasteiger partial charge in [-0.3, -0.25) is 9.59 Å². The van der Waals surface area contributed by atoms with Gasteiger partial charge in [-0.25, -0.2) is 0 Å². The van der Waals surface area contributed by atoms with Gasteiger partial charge in [0.1, 0.15) is 0 Å². The Balaban J connectivity index is 1.71. The van der Waals surface area contributed by atoms with Crippen LogP contribution in [0.25, 0.3) is 0 Å². The number of benzene rings is 1. The van der Waals surface area contributed by atoms with E-state index in [1.807, 2.05) is 24.3 Å². The van der Waals surface area contributed by atoms with E-state index < -0.39 is 0 Å². The van der Waals surface area contributed by atoms with Crippen LogP contribution in [-0.2, 0) is 19.7 Å². The molecule has 0 saturated heterocycles. The number of ether oxygens (including phenoxy) is 1. The van der Waals surface area contributed by atoms with E-state index in [4.69, 9.17) is 0 Å². The lowest BCUT2D eigenvalue weighted by Gasteiger charge is -2.16. The molecule has 1 fully saturated rings. The summed E-state index contributed by atoms with van der Waals surface area (Å²) in [5.41, 5.74) is 0.783. The second-order valence-corrected chi connectivity index (χ2v) is 6.65. The van der Waals surface area contributed by atoms with E-state index in [2.05, 4.69) is 26.0 Å². The zero-order valence-electron chi connectivity index (χ0n) is 12.9. The average Bonchev–Trinajstić information content (AvgIpc) is 3.32. The number of halogens is 1. The molecule has 0 aromatic heterocycles. The minimum atomic E-state index is -0.313. The van der Waals surface area contributed by atoms with E-state index >= 15 is 0 Å². The molecular weight excluding hydrogens is 346 g/mol. The van der Waals surface area contributed by atoms with Crippen LogP contribution in [0, 0.1) is 0 Å². The number of rotatable bonds is 8. The van der Waals surface area contributed by atoms with Crippen LogP contribution < -0.4 is 5.32 Å². The molecule has 0 heterocycles. The van der Waals surface area contributed by atoms with Crippen LogP contribution in [-0.4, -0.2) is 25.5 Å². The van der Waals surface area contributed by atoms with Crippen LogP contribution >= 0.6 is 15.9 Å². The van der Waals surface area contributed by atoms with Crippen molar-refractivity contribution in [3.8, 4) is 0 Å². The van der Waals surface area contributed by atoms with Crippen molar-refractivity contribution in [1.29, 1.82) is 0 Å². The van der Waals surface area contributed by atoms with Crippen LogP contribution in [0.3, 0.4) is 0 Å². The molecule has 1 N–H and O–H groups in total. The van der Waals surface area contributed by atoms with E-state index in [-0.39, 0.29) is 17.3 Å². The number of carbonyl (C=O) groups excluding carboxylic acids is 2. The molecule has 2 rings (SSSR count). The molecule has 0 radical (unpaired) electrons. The van der Waals surface area contributed by atoms with Crippen LogP contribution in [0.2, 0.25) is 0 Å². The largest absolute Gasteiger partial charge is 0.469 e. The van der Waals surface area contributed by atoms with Gasteiger partial charge in [0.15, 0.2) is 0 Å². The molecule has 1 amide bonds. The number of amides is 1. The Kier molecular flexibility index (Phi) is 6.00. The summed E-state index contributed by atoms with van der Waals surface area (Å²) in [4.78, 5) is 23.4. The highest BCUT2D eigenvalue weighted by atomic mass is 79.9. The van der Waals surface area contributed by atoms with Gasteiger partial charge in [-0.15, -0.1) is 0 Å². The van der Waals surface area contributed by atoms with Crippen LogP contribution in [0.4, 0.5) is 0 Å². The van der Waals surface area contributed by atoms with E-state index in [1.54, 1.807) is 0 Å². The molecule has 0 aliphatic heterocycles. The van der Waals surface area contributed by atoms with Crippen molar-refractivity contribution >= 4 is 27.8 Å². The number of methoxy groups -OCH3 is 1. The summed E-state index contributed by atoms with van der Waals surface area (Å²) >= 11 is 3.42. The van der Waals surface area contributed by atoms with Crippen LogP contribution in [0.5, 0.6) is 0 Å². The lowest BCUT2D eigenvalue weighted by Crippen LogP contribution is -2.35. The fraction of sp³-hybridized carbons (Fsp3) is 0.529. The smallest absolute Gasteiger partial charge is 0.305 e. The maximum atomic E-state index is 12.4. The molecule has 1 aliphatic rings. The van der Waals surface area contributed by atoms with Gasteiger partial charge < -0.3 is 10.1 Å². The van der Waals surface area contributed by atoms with Crippen molar-refractivity contribution in [3.63, 3.8) is 0 Å². The lowest BCUT2D eigenvalue weighted by molar-refractivity contribution is -0.140. The van der Waals surface area contributed by atoms with Gasteiger partial charge >= 0.3 is 5.97 Å². The fourth-order valence-electron chi connectivity index (χ4n) is 2.59. The first kappa shape index (κ1) is 17.0. The SMILES string of the molecule is COC(=O)CCCCCNC(=O)C1(c2ccc(Br)cc2)CC1. The molecule has 1 aliphatic carbocycles. The number of esters is 1. The average molecular weight is 368 g/mol. The van der Waals surface area contributed by atoms with Crippen molar-refractivity contribution in [1.82, 2.24) is 5.32 Å². The highest BCUT2D eigenvalue weighted by Crippen LogP contribution is 2.48. The maximum absolute atomic E-state index is 12.4. The van der Waals surface area contributed by atoms with Crippen molar-refractivity contribution in [2.45, 2.75) is 43.9 Å². The molecule has 0 spiro atoms. The number of nitrogens with one attached hydrogen (secondary N) is 1. The molecular formula is C17H22BrNO3. The molecule has 1 aromatic carbocycles. The summed E-state index contributed by atoms with van der Waals surface area (Å²) in [5.74, 6) is -0.0426. The second kappa shape index (κ2) is 7.77. The van der Waals surface area contributed by atoms with Gasteiger partial charge in [0.05, 0.1) is 12.5 Å². The van der Waals surface area contributed by atoms with E-state index in [9.17, 15) is 9.59 Å². The Labute approximate surface area is 139 Å². The predicted octanol–water partition coefficient (Wildman–Crippen LogP) is 3.33. The molecule has 0 atom stereocenters. The highest BCUT2D eigenvalue weighted by molar-refractivity contribution is 9.10. The fourth-order valence-corrected chi connectivity index (χ4v) is 2.85. The zero-order chi connectivity index (χ0) is 16.0. The Morgan fingerprint density at radius 2 is 1.86 bits per heavy atom. The quantitative estimate of drug-likeness (QED) is 0.566. The van der Waals surface area contributed by atoms with Gasteiger partial charge in [-0.2, -0.15) is 0 Å². The summed E-state index contributed by atoms with van der Waals surface area (Å²) in [6.07, 6.45) is 4.90. The second-order valence-electron chi connectivity index (χ2n) is 5.73. The normalized spacial score (nSPS) is 15.2. The van der Waals surface area contributed by atoms with Gasteiger partial charge in [-0.05, 0) is 43.4 Å². The van der Waals surface area contributed by atoms with Crippen LogP contribution in [0.15, 0.2) is 28.7 Å². The molecule has 0 bridgehead atoms. The minimum Gasteiger partial charge on any atom is -0.469 e. The van der Waals surface area contributed by atoms with Crippen molar-refractivity contribution < 1.29 is 14.3 Å². The van der Waals surface area contributed by atoms with Gasteiger partial charge in [0.25, 0.3) is 0 Å². The topological polar surface area (TPSA) is 55.4 Å². The third-order valence-corrected chi connectivity index (χ3v) is 4.68. The molecule has 4 nitrogen and oxygen atoms in total. The Bertz CT molecular complexity index is 523. The van der Waals surface area contributed by atoms with Crippen molar-refractivity contribution in [3.05, 3.63) is 34.3 Å². The number of unbranched alkanes of at least 4 members (excludes halogenated alkanes) is 2. The summed E-state index contributed by atoms with van der Waals surface area (Å²) in [5, 5.41) is 3.03. The Hall–Kier alpha value is -1.36. The summed E-state index contributed by atoms with van der Waals surface area (Å²) in [6, 6.07) is 8.00. The first-order valence-corrected chi connectivity index (χ1v) is 8.49. The van der Waals surface area contributed by atoms with E-state index in [0.717, 1.165) is 42.1 Å². The van der Waals surface area contributed by atoms with E-state index in [0.29, 0.717) is 13.0 Å². The Morgan fingerprint density at radius 3 is 2.45 bits per heavy atom. The molecule has 5 heteroatoms. The summed E-state index contributed by atoms with van der Waals surface area (Å²) < 4.78 is 5.62. The molecule has 120 valence electrons. The minimum absolute atomic E-state index is 0.128. The predicted molar refractivity (Wildman–Crippen MR) is 88.5 cm³/mol. The first-order valence-electron chi connectivity index (χ1n) is 7.70. The molecule has 1 aromatic rings. The van der Waals surface area contributed by atoms with Crippen molar-refractivity contribution in [2.24, 2.45) is 0 Å². The van der Waals surface area contributed by atoms with Gasteiger partial charge in [-0.1, -0.05) is 34.5 Å². The summed E-state index contributed by atoms with van der Waals surface area (Å²) in [7, 11) is 1.40. The summed E-state index contributed by atoms with van der Waals surface area (Å²) in [6.45, 7) is 0.665. The first-order chi connectivity index (χ1) is 10.6. The van der Waals surface area contributed by atoms with E-state index in [1.165, 1.54) is 7.11 Å². The van der Waals surface area contributed by atoms with Crippen LogP contribution in [0.1, 0.15) is 44.1 Å². The number of hydrogen-bond donors (Lipinski definition) is 1. The van der Waals surface area contributed by atoms with Crippen molar-refractivity contribution in [2.75, 3.05) is 13.7 Å². The molecule has 1 saturated carbocycles. The highest BCUT2D eigenvalue weighted by Gasteiger charge is 2.50. The monoisotopic (exact) mass is 367 g/mol. The Morgan fingerprint density at radius 1 is 1.18 bits per heavy atom. The number of hydrogen-bond acceptors (Lipinski definition) is 3. The van der Waals surface area contributed by atoms with Gasteiger partial charge in [0, 0.05) is 17.4 Å².